The smallest absolute Gasteiger partial charge is 0.261 e. The van der Waals surface area contributed by atoms with Gasteiger partial charge < -0.3 is 5.32 Å². The van der Waals surface area contributed by atoms with E-state index in [2.05, 4.69) is 23.9 Å². The number of benzene rings is 3. The number of carbonyl (C=O) groups is 1. The van der Waals surface area contributed by atoms with E-state index in [-0.39, 0.29) is 28.1 Å². The second-order valence-corrected chi connectivity index (χ2v) is 9.39. The second-order valence-electron chi connectivity index (χ2n) is 7.71. The minimum Gasteiger partial charge on any atom is -0.345 e. The van der Waals surface area contributed by atoms with E-state index in [1.54, 1.807) is 6.07 Å². The standard InChI is InChI=1S/C24H25FN2O3S/c1-17(2)15-23(18-7-4-3-5-8-18)26-24(28)19-9-6-10-22(16-19)31(29,30)27-21-13-11-20(25)12-14-21/h3-14,16-17,23,27H,15H2,1-2H3,(H,26,28)/t23-/m0/s1. The highest BCUT2D eigenvalue weighted by molar-refractivity contribution is 7.92. The maximum absolute atomic E-state index is 13.1. The van der Waals surface area contributed by atoms with E-state index in [4.69, 9.17) is 0 Å². The SMILES string of the molecule is CC(C)C[C@H](NC(=O)c1cccc(S(=O)(=O)Nc2ccc(F)cc2)c1)c1ccccc1. The Morgan fingerprint density at radius 2 is 1.61 bits per heavy atom. The topological polar surface area (TPSA) is 75.3 Å². The molecule has 0 saturated carbocycles. The number of carbonyl (C=O) groups excluding carboxylic acids is 1. The molecule has 0 aliphatic heterocycles. The lowest BCUT2D eigenvalue weighted by Gasteiger charge is -2.21. The molecule has 162 valence electrons. The summed E-state index contributed by atoms with van der Waals surface area (Å²) in [6.07, 6.45) is 0.750. The minimum atomic E-state index is -3.93. The van der Waals surface area contributed by atoms with Crippen molar-refractivity contribution in [3.05, 3.63) is 95.8 Å². The largest absolute Gasteiger partial charge is 0.345 e. The molecule has 3 aromatic carbocycles. The number of rotatable bonds is 8. The molecule has 3 rings (SSSR count). The van der Waals surface area contributed by atoms with Crippen molar-refractivity contribution >= 4 is 21.6 Å². The molecule has 1 amide bonds. The highest BCUT2D eigenvalue weighted by Crippen LogP contribution is 2.23. The molecule has 5 nitrogen and oxygen atoms in total. The summed E-state index contributed by atoms with van der Waals surface area (Å²) in [5.41, 5.74) is 1.47. The minimum absolute atomic E-state index is 0.0513. The van der Waals surface area contributed by atoms with Crippen LogP contribution in [0.5, 0.6) is 0 Å². The normalized spacial score (nSPS) is 12.4. The monoisotopic (exact) mass is 440 g/mol. The lowest BCUT2D eigenvalue weighted by Crippen LogP contribution is -2.29. The molecule has 0 aromatic heterocycles. The highest BCUT2D eigenvalue weighted by atomic mass is 32.2. The van der Waals surface area contributed by atoms with Crippen molar-refractivity contribution in [2.24, 2.45) is 5.92 Å². The number of anilines is 1. The van der Waals surface area contributed by atoms with Crippen LogP contribution in [0.3, 0.4) is 0 Å². The van der Waals surface area contributed by atoms with Gasteiger partial charge in [0.2, 0.25) is 0 Å². The van der Waals surface area contributed by atoms with Crippen molar-refractivity contribution in [1.82, 2.24) is 5.32 Å². The highest BCUT2D eigenvalue weighted by Gasteiger charge is 2.20. The Morgan fingerprint density at radius 1 is 0.935 bits per heavy atom. The predicted molar refractivity (Wildman–Crippen MR) is 120 cm³/mol. The molecule has 0 aliphatic carbocycles. The van der Waals surface area contributed by atoms with Crippen LogP contribution in [0.15, 0.2) is 83.8 Å². The summed E-state index contributed by atoms with van der Waals surface area (Å²) < 4.78 is 40.9. The van der Waals surface area contributed by atoms with E-state index in [0.29, 0.717) is 5.92 Å². The molecular formula is C24H25FN2O3S. The van der Waals surface area contributed by atoms with Gasteiger partial charge in [0, 0.05) is 11.3 Å². The van der Waals surface area contributed by atoms with Crippen LogP contribution in [0.1, 0.15) is 42.2 Å². The lowest BCUT2D eigenvalue weighted by molar-refractivity contribution is 0.0931. The molecule has 0 unspecified atom stereocenters. The summed E-state index contributed by atoms with van der Waals surface area (Å²) in [5, 5.41) is 3.02. The van der Waals surface area contributed by atoms with E-state index >= 15 is 0 Å². The van der Waals surface area contributed by atoms with Gasteiger partial charge in [-0.05, 0) is 60.4 Å². The fourth-order valence-electron chi connectivity index (χ4n) is 3.21. The van der Waals surface area contributed by atoms with Gasteiger partial charge in [-0.1, -0.05) is 50.2 Å². The molecule has 0 bridgehead atoms. The number of halogens is 1. The summed E-state index contributed by atoms with van der Waals surface area (Å²) >= 11 is 0. The van der Waals surface area contributed by atoms with Crippen molar-refractivity contribution in [2.45, 2.75) is 31.2 Å². The first-order valence-corrected chi connectivity index (χ1v) is 11.5. The van der Waals surface area contributed by atoms with Crippen LogP contribution >= 0.6 is 0 Å². The predicted octanol–water partition coefficient (Wildman–Crippen LogP) is 5.14. The fourth-order valence-corrected chi connectivity index (χ4v) is 4.32. The van der Waals surface area contributed by atoms with Crippen molar-refractivity contribution in [3.8, 4) is 0 Å². The molecular weight excluding hydrogens is 415 g/mol. The van der Waals surface area contributed by atoms with Crippen LogP contribution in [0.25, 0.3) is 0 Å². The molecule has 0 radical (unpaired) electrons. The van der Waals surface area contributed by atoms with E-state index in [1.807, 2.05) is 30.3 Å². The third kappa shape index (κ3) is 6.15. The van der Waals surface area contributed by atoms with Crippen molar-refractivity contribution in [2.75, 3.05) is 4.72 Å². The van der Waals surface area contributed by atoms with Crippen molar-refractivity contribution in [3.63, 3.8) is 0 Å². The van der Waals surface area contributed by atoms with Gasteiger partial charge >= 0.3 is 0 Å². The van der Waals surface area contributed by atoms with Gasteiger partial charge in [-0.15, -0.1) is 0 Å². The van der Waals surface area contributed by atoms with Crippen LogP contribution in [0.2, 0.25) is 0 Å². The maximum atomic E-state index is 13.1. The summed E-state index contributed by atoms with van der Waals surface area (Å²) in [6, 6.07) is 20.3. The number of nitrogens with one attached hydrogen (secondary N) is 2. The number of hydrogen-bond acceptors (Lipinski definition) is 3. The third-order valence-electron chi connectivity index (χ3n) is 4.72. The van der Waals surface area contributed by atoms with Gasteiger partial charge in [0.25, 0.3) is 15.9 Å². The Bertz CT molecular complexity index is 1130. The molecule has 0 fully saturated rings. The van der Waals surface area contributed by atoms with Crippen LogP contribution in [-0.2, 0) is 10.0 Å². The zero-order valence-corrected chi connectivity index (χ0v) is 18.2. The van der Waals surface area contributed by atoms with Gasteiger partial charge in [-0.3, -0.25) is 9.52 Å². The third-order valence-corrected chi connectivity index (χ3v) is 6.10. The Balaban J connectivity index is 1.80. The number of amides is 1. The van der Waals surface area contributed by atoms with E-state index in [9.17, 15) is 17.6 Å². The van der Waals surface area contributed by atoms with E-state index in [0.717, 1.165) is 12.0 Å². The zero-order valence-electron chi connectivity index (χ0n) is 17.4. The first-order valence-electron chi connectivity index (χ1n) is 9.99. The van der Waals surface area contributed by atoms with E-state index < -0.39 is 15.8 Å². The molecule has 7 heteroatoms. The van der Waals surface area contributed by atoms with Crippen LogP contribution < -0.4 is 10.0 Å². The Morgan fingerprint density at radius 3 is 2.26 bits per heavy atom. The Hall–Kier alpha value is -3.19. The fraction of sp³-hybridized carbons (Fsp3) is 0.208. The molecule has 3 aromatic rings. The first kappa shape index (κ1) is 22.5. The summed E-state index contributed by atoms with van der Waals surface area (Å²) in [5.74, 6) is -0.457. The maximum Gasteiger partial charge on any atom is 0.261 e. The molecule has 0 saturated heterocycles. The van der Waals surface area contributed by atoms with Crippen molar-refractivity contribution < 1.29 is 17.6 Å². The second kappa shape index (κ2) is 9.75. The van der Waals surface area contributed by atoms with E-state index in [1.165, 1.54) is 42.5 Å². The molecule has 0 aliphatic rings. The molecule has 0 spiro atoms. The number of hydrogen-bond donors (Lipinski definition) is 2. The number of sulfonamides is 1. The Kier molecular flexibility index (Phi) is 7.07. The van der Waals surface area contributed by atoms with Gasteiger partial charge in [0.1, 0.15) is 5.82 Å². The molecule has 2 N–H and O–H groups in total. The lowest BCUT2D eigenvalue weighted by atomic mass is 9.96. The molecule has 31 heavy (non-hydrogen) atoms. The summed E-state index contributed by atoms with van der Waals surface area (Å²) in [4.78, 5) is 12.9. The quantitative estimate of drug-likeness (QED) is 0.509. The summed E-state index contributed by atoms with van der Waals surface area (Å²) in [6.45, 7) is 4.16. The average molecular weight is 441 g/mol. The molecule has 1 atom stereocenters. The Labute approximate surface area is 182 Å². The molecule has 0 heterocycles. The van der Waals surface area contributed by atoms with Gasteiger partial charge in [-0.2, -0.15) is 0 Å². The van der Waals surface area contributed by atoms with Crippen LogP contribution in [0.4, 0.5) is 10.1 Å². The van der Waals surface area contributed by atoms with Gasteiger partial charge in [0.05, 0.1) is 10.9 Å². The first-order chi connectivity index (χ1) is 14.7. The van der Waals surface area contributed by atoms with Crippen molar-refractivity contribution in [1.29, 1.82) is 0 Å². The van der Waals surface area contributed by atoms with Crippen LogP contribution in [-0.4, -0.2) is 14.3 Å². The average Bonchev–Trinajstić information content (AvgIpc) is 2.75. The zero-order chi connectivity index (χ0) is 22.4. The van der Waals surface area contributed by atoms with Gasteiger partial charge in [0.15, 0.2) is 0 Å². The summed E-state index contributed by atoms with van der Waals surface area (Å²) in [7, 11) is -3.93. The van der Waals surface area contributed by atoms with Crippen LogP contribution in [0, 0.1) is 11.7 Å². The van der Waals surface area contributed by atoms with Gasteiger partial charge in [-0.25, -0.2) is 12.8 Å².